The Morgan fingerprint density at radius 1 is 1.25 bits per heavy atom. The van der Waals surface area contributed by atoms with E-state index in [1.165, 1.54) is 19.5 Å². The summed E-state index contributed by atoms with van der Waals surface area (Å²) in [6.07, 6.45) is -2.36. The number of amides is 1. The first-order chi connectivity index (χ1) is 15.5. The number of carbonyl (C=O) groups excluding carboxylic acids is 1. The number of nitrogens with one attached hydrogen (secondary N) is 1. The van der Waals surface area contributed by atoms with E-state index in [4.69, 9.17) is 9.57 Å². The quantitative estimate of drug-likeness (QED) is 0.304. The molecule has 0 bridgehead atoms. The third-order valence-corrected chi connectivity index (χ3v) is 5.30. The second kappa shape index (κ2) is 9.40. The highest BCUT2D eigenvalue weighted by molar-refractivity contribution is 5.99. The molecule has 1 aliphatic heterocycles. The normalized spacial score (nSPS) is 25.8. The summed E-state index contributed by atoms with van der Waals surface area (Å²) in [5.41, 5.74) is 0.806. The lowest BCUT2D eigenvalue weighted by molar-refractivity contribution is -0.287. The lowest BCUT2D eigenvalue weighted by Gasteiger charge is -2.40. The SMILES string of the molecule is CNC(=O)c1cn([C@H]2[C@@H](O)[C@@H](CO)O[C@@H](O/N=C/c3cccc4ccccc34)[C@@H]2O)nn1. The van der Waals surface area contributed by atoms with Crippen molar-refractivity contribution in [3.63, 3.8) is 0 Å². The maximum Gasteiger partial charge on any atom is 0.273 e. The molecule has 0 aliphatic carbocycles. The molecule has 11 nitrogen and oxygen atoms in total. The van der Waals surface area contributed by atoms with Gasteiger partial charge in [-0.2, -0.15) is 0 Å². The minimum absolute atomic E-state index is 0.00499. The van der Waals surface area contributed by atoms with E-state index in [0.29, 0.717) is 0 Å². The van der Waals surface area contributed by atoms with E-state index in [1.54, 1.807) is 0 Å². The van der Waals surface area contributed by atoms with Crippen molar-refractivity contribution in [1.29, 1.82) is 0 Å². The molecule has 0 spiro atoms. The third-order valence-electron chi connectivity index (χ3n) is 5.30. The first-order valence-corrected chi connectivity index (χ1v) is 9.96. The van der Waals surface area contributed by atoms with Crippen LogP contribution < -0.4 is 5.32 Å². The van der Waals surface area contributed by atoms with Gasteiger partial charge in [0.1, 0.15) is 24.4 Å². The van der Waals surface area contributed by atoms with Gasteiger partial charge in [-0.1, -0.05) is 52.8 Å². The second-order valence-electron chi connectivity index (χ2n) is 7.27. The van der Waals surface area contributed by atoms with Gasteiger partial charge in [0, 0.05) is 12.6 Å². The van der Waals surface area contributed by atoms with Crippen molar-refractivity contribution >= 4 is 22.9 Å². The van der Waals surface area contributed by atoms with Gasteiger partial charge >= 0.3 is 0 Å². The Kier molecular flexibility index (Phi) is 6.42. The van der Waals surface area contributed by atoms with Crippen molar-refractivity contribution in [2.75, 3.05) is 13.7 Å². The number of hydrogen-bond donors (Lipinski definition) is 4. The summed E-state index contributed by atoms with van der Waals surface area (Å²) in [4.78, 5) is 17.2. The molecule has 1 aliphatic rings. The number of ether oxygens (including phenoxy) is 1. The van der Waals surface area contributed by atoms with Crippen molar-refractivity contribution in [3.05, 3.63) is 59.9 Å². The van der Waals surface area contributed by atoms with Crippen molar-refractivity contribution in [2.24, 2.45) is 5.16 Å². The molecule has 168 valence electrons. The van der Waals surface area contributed by atoms with Crippen molar-refractivity contribution in [1.82, 2.24) is 20.3 Å². The van der Waals surface area contributed by atoms with Gasteiger partial charge in [-0.15, -0.1) is 5.10 Å². The van der Waals surface area contributed by atoms with Crippen LogP contribution in [-0.4, -0.2) is 80.7 Å². The molecule has 4 rings (SSSR count). The van der Waals surface area contributed by atoms with Gasteiger partial charge in [-0.3, -0.25) is 4.79 Å². The zero-order valence-corrected chi connectivity index (χ0v) is 17.1. The van der Waals surface area contributed by atoms with Crippen LogP contribution in [0.15, 0.2) is 53.8 Å². The molecule has 1 aromatic heterocycles. The molecule has 4 N–H and O–H groups in total. The van der Waals surface area contributed by atoms with Crippen LogP contribution in [-0.2, 0) is 9.57 Å². The molecule has 0 radical (unpaired) electrons. The topological polar surface area (TPSA) is 151 Å². The fraction of sp³-hybridized carbons (Fsp3) is 0.333. The number of oxime groups is 1. The van der Waals surface area contributed by atoms with E-state index in [1.807, 2.05) is 42.5 Å². The first kappa shape index (κ1) is 21.8. The molecule has 1 fully saturated rings. The van der Waals surface area contributed by atoms with Crippen LogP contribution in [0.2, 0.25) is 0 Å². The van der Waals surface area contributed by atoms with Gasteiger partial charge in [-0.05, 0) is 10.8 Å². The first-order valence-electron chi connectivity index (χ1n) is 9.96. The number of rotatable bonds is 6. The molecule has 3 aromatic rings. The van der Waals surface area contributed by atoms with E-state index in [-0.39, 0.29) is 5.69 Å². The zero-order chi connectivity index (χ0) is 22.7. The van der Waals surface area contributed by atoms with Crippen LogP contribution in [0.4, 0.5) is 0 Å². The van der Waals surface area contributed by atoms with Gasteiger partial charge in [0.05, 0.1) is 19.0 Å². The van der Waals surface area contributed by atoms with Crippen molar-refractivity contribution < 1.29 is 29.7 Å². The summed E-state index contributed by atoms with van der Waals surface area (Å²) in [5, 5.41) is 46.9. The molecule has 1 saturated heterocycles. The lowest BCUT2D eigenvalue weighted by Crippen LogP contribution is -2.56. The van der Waals surface area contributed by atoms with Crippen molar-refractivity contribution in [3.8, 4) is 0 Å². The number of aromatic nitrogens is 3. The van der Waals surface area contributed by atoms with E-state index in [2.05, 4.69) is 20.8 Å². The monoisotopic (exact) mass is 441 g/mol. The van der Waals surface area contributed by atoms with Crippen LogP contribution in [0.1, 0.15) is 22.1 Å². The number of benzene rings is 2. The molecule has 2 heterocycles. The molecule has 0 saturated carbocycles. The molecule has 11 heteroatoms. The Morgan fingerprint density at radius 2 is 2.03 bits per heavy atom. The van der Waals surface area contributed by atoms with Crippen LogP contribution in [0.3, 0.4) is 0 Å². The van der Waals surface area contributed by atoms with Crippen molar-refractivity contribution in [2.45, 2.75) is 30.6 Å². The maximum atomic E-state index is 11.8. The summed E-state index contributed by atoms with van der Waals surface area (Å²) >= 11 is 0. The number of fused-ring (bicyclic) bond motifs is 1. The molecule has 2 aromatic carbocycles. The van der Waals surface area contributed by atoms with E-state index < -0.39 is 43.2 Å². The summed E-state index contributed by atoms with van der Waals surface area (Å²) < 4.78 is 6.63. The van der Waals surface area contributed by atoms with Crippen LogP contribution in [0.25, 0.3) is 10.8 Å². The number of nitrogens with zero attached hydrogens (tertiary/aromatic N) is 4. The largest absolute Gasteiger partial charge is 0.394 e. The Morgan fingerprint density at radius 3 is 2.81 bits per heavy atom. The molecule has 0 unspecified atom stereocenters. The smallest absolute Gasteiger partial charge is 0.273 e. The van der Waals surface area contributed by atoms with Crippen LogP contribution in [0.5, 0.6) is 0 Å². The summed E-state index contributed by atoms with van der Waals surface area (Å²) in [7, 11) is 1.44. The lowest BCUT2D eigenvalue weighted by atomic mass is 9.96. The summed E-state index contributed by atoms with van der Waals surface area (Å²) in [6, 6.07) is 12.4. The van der Waals surface area contributed by atoms with E-state index in [9.17, 15) is 20.1 Å². The van der Waals surface area contributed by atoms with Gasteiger partial charge in [0.25, 0.3) is 12.2 Å². The zero-order valence-electron chi connectivity index (χ0n) is 17.1. The number of hydrogen-bond acceptors (Lipinski definition) is 9. The van der Waals surface area contributed by atoms with Crippen LogP contribution in [0, 0.1) is 0 Å². The summed E-state index contributed by atoms with van der Waals surface area (Å²) in [6.45, 7) is -0.533. The number of aliphatic hydroxyl groups excluding tert-OH is 3. The highest BCUT2D eigenvalue weighted by Gasteiger charge is 2.47. The number of aliphatic hydroxyl groups is 3. The maximum absolute atomic E-state index is 11.8. The average Bonchev–Trinajstić information content (AvgIpc) is 3.30. The fourth-order valence-electron chi connectivity index (χ4n) is 3.63. The molecule has 1 amide bonds. The average molecular weight is 441 g/mol. The molecular weight excluding hydrogens is 418 g/mol. The van der Waals surface area contributed by atoms with Gasteiger partial charge in [0.2, 0.25) is 0 Å². The van der Waals surface area contributed by atoms with E-state index in [0.717, 1.165) is 21.0 Å². The van der Waals surface area contributed by atoms with Gasteiger partial charge < -0.3 is 30.2 Å². The molecule has 32 heavy (non-hydrogen) atoms. The summed E-state index contributed by atoms with van der Waals surface area (Å²) in [5.74, 6) is -0.474. The highest BCUT2D eigenvalue weighted by atomic mass is 16.8. The van der Waals surface area contributed by atoms with Gasteiger partial charge in [0.15, 0.2) is 5.69 Å². The second-order valence-corrected chi connectivity index (χ2v) is 7.27. The Balaban J connectivity index is 1.55. The standard InChI is InChI=1S/C21H23N5O6/c1-22-20(30)15-10-26(25-24-15)17-18(28)16(11-27)31-21(19(17)29)32-23-9-13-7-4-6-12-5-2-3-8-14(12)13/h2-10,16-19,21,27-29H,11H2,1H3,(H,22,30)/b23-9+/t16-,17+,18+,19-,21+/m1/s1. The van der Waals surface area contributed by atoms with E-state index >= 15 is 0 Å². The minimum atomic E-state index is -1.42. The third kappa shape index (κ3) is 4.18. The Bertz CT molecular complexity index is 1110. The minimum Gasteiger partial charge on any atom is -0.394 e. The number of carbonyl (C=O) groups is 1. The molecule has 5 atom stereocenters. The Labute approximate surface area is 182 Å². The Hall–Kier alpha value is -3.38. The fourth-order valence-corrected chi connectivity index (χ4v) is 3.63. The highest BCUT2D eigenvalue weighted by Crippen LogP contribution is 2.30. The van der Waals surface area contributed by atoms with Gasteiger partial charge in [-0.25, -0.2) is 4.68 Å². The predicted octanol–water partition coefficient (Wildman–Crippen LogP) is -0.178. The predicted molar refractivity (Wildman–Crippen MR) is 113 cm³/mol. The molecular formula is C21H23N5O6. The van der Waals surface area contributed by atoms with Crippen LogP contribution >= 0.6 is 0 Å².